The molecule has 3 aliphatic heterocycles. The summed E-state index contributed by atoms with van der Waals surface area (Å²) in [6, 6.07) is 10.2. The number of hydrogen-bond acceptors (Lipinski definition) is 15. The van der Waals surface area contributed by atoms with Crippen LogP contribution < -0.4 is 10.6 Å². The van der Waals surface area contributed by atoms with E-state index in [0.29, 0.717) is 34.6 Å². The molecule has 22 nitrogen and oxygen atoms in total. The first kappa shape index (κ1) is 66.9. The quantitative estimate of drug-likeness (QED) is 0.0221. The maximum absolute atomic E-state index is 15.2. The molecule has 4 aliphatic rings. The van der Waals surface area contributed by atoms with Gasteiger partial charge in [-0.2, -0.15) is 0 Å². The Morgan fingerprint density at radius 1 is 0.500 bits per heavy atom. The number of nitrogens with one attached hydrogen (secondary N) is 6. The van der Waals surface area contributed by atoms with Crippen molar-refractivity contribution in [3.63, 3.8) is 0 Å². The van der Waals surface area contributed by atoms with Crippen molar-refractivity contribution in [1.29, 1.82) is 0 Å². The third-order valence-electron chi connectivity index (χ3n) is 18.8. The summed E-state index contributed by atoms with van der Waals surface area (Å²) in [6.45, 7) is 18.0. The van der Waals surface area contributed by atoms with E-state index in [1.54, 1.807) is 55.4 Å². The fraction of sp³-hybridized carbons (Fsp3) is 0.500. The van der Waals surface area contributed by atoms with Crippen molar-refractivity contribution < 1.29 is 95.3 Å². The molecule has 10 atom stereocenters. The maximum atomic E-state index is 15.2. The Bertz CT molecular complexity index is 4740. The molecular formula is C80H96F4N8O14. The molecule has 3 amide bonds. The smallest absolute Gasteiger partial charge is 0.408 e. The maximum Gasteiger partial charge on any atom is 0.408 e. The number of rotatable bonds is 21. The van der Waals surface area contributed by atoms with Crippen LogP contribution in [-0.4, -0.2) is 157 Å². The first-order chi connectivity index (χ1) is 53.2. The van der Waals surface area contributed by atoms with Crippen LogP contribution >= 0.6 is 0 Å². The molecule has 6 N–H and O–H groups in total. The van der Waals surface area contributed by atoms with Crippen LogP contribution in [0.25, 0.3) is 66.4 Å². The highest BCUT2D eigenvalue weighted by atomic mass is 19.1. The Hall–Kier alpha value is -9.72. The minimum Gasteiger partial charge on any atom is -0.463 e. The third kappa shape index (κ3) is 18.6. The third-order valence-corrected chi connectivity index (χ3v) is 18.8. The number of carbonyl (C=O) groups excluding carboxylic acids is 8. The van der Waals surface area contributed by atoms with Crippen molar-refractivity contribution in [3.8, 4) is 22.8 Å². The standard InChI is InChI=1S/C49H63F2N5O10.C31H33F2N3O4/c1-11-28(17-42(59)65-48(5,6)7)45(60)55-24-33(63-26(3)57)20-31(55)22-37-35-15-13-29(50)18-40(35)52-43(37)44-38(36-16-14-30(51)19-41(36)53-44)23-32-21-34(64-27(4)58)25-56(32)46(61)39(12-2)54-47(62)66-49(8,9)10;1-16(37)39-22-6-3-18(9-22)10-26-24-7-4-19(32)11-28(24)35-30(26)31-27(25-8-5-20(33)12-29(25)36-31)14-21-13-23(15-34-21)40-17(2)38/h13-16,18-19,28,31-34,39,52-53H,11-12,17,20-25H2,1-10H3,(H,54,62);4-5,7-8,11-12,18,21-23,34-36H,3,6,9-10,13-15H2,1-2H3/t28-,31+,32+,33+,34+,39+;18-,21-,22+,23-/m10/s1/i22D2,23D2;10D2,14D2. The summed E-state index contributed by atoms with van der Waals surface area (Å²) in [4.78, 5) is 118. The molecule has 4 aromatic carbocycles. The topological polar surface area (TPSA) is 286 Å². The van der Waals surface area contributed by atoms with E-state index in [4.69, 9.17) is 28.4 Å². The van der Waals surface area contributed by atoms with Crippen LogP contribution in [-0.2, 0) is 87.5 Å². The van der Waals surface area contributed by atoms with Crippen LogP contribution in [0, 0.1) is 35.1 Å². The normalized spacial score (nSPS) is 22.6. The van der Waals surface area contributed by atoms with Crippen LogP contribution in [0.2, 0.25) is 0 Å². The minimum absolute atomic E-state index is 0.0587. The first-order valence-electron chi connectivity index (χ1n) is 39.7. The van der Waals surface area contributed by atoms with Gasteiger partial charge in [0.05, 0.1) is 42.3 Å². The largest absolute Gasteiger partial charge is 0.463 e. The predicted molar refractivity (Wildman–Crippen MR) is 390 cm³/mol. The summed E-state index contributed by atoms with van der Waals surface area (Å²) in [6.07, 6.45) is -12.4. The molecule has 4 fully saturated rings. The molecule has 7 heterocycles. The van der Waals surface area contributed by atoms with Crippen molar-refractivity contribution in [3.05, 3.63) is 118 Å². The SMILES string of the molecule is [2H]C([2H])(c1c(-c2[nH]c3cc(F)ccc3c2C([2H])([2H])[C@@H]2C[C@H](OC(C)=O)CN2)[nH]c2cc(F)ccc12)[C@H]1CC[C@@H](OC(C)=O)C1.[2H]C([2H])(c1c(-c2[nH]c3cc(F)ccc3c2C([2H])([2H])[C@@H]2C[C@H](OC(C)=O)CN2C(=O)[C@H](CC)NC(=O)OC(C)(C)C)[nH]c2cc(F)ccc12)[C@@H]1C[C@H](OC(C)=O)CN1C(=O)[C@H](CC)CC(=O)OC(C)(C)C. The highest BCUT2D eigenvalue weighted by molar-refractivity contribution is 5.98. The van der Waals surface area contributed by atoms with Gasteiger partial charge in [0.2, 0.25) is 11.8 Å². The van der Waals surface area contributed by atoms with Crippen molar-refractivity contribution in [2.45, 2.75) is 226 Å². The number of fused-ring (bicyclic) bond motifs is 4. The fourth-order valence-electron chi connectivity index (χ4n) is 14.5. The van der Waals surface area contributed by atoms with Gasteiger partial charge in [-0.25, -0.2) is 22.4 Å². The van der Waals surface area contributed by atoms with E-state index in [1.807, 2.05) is 0 Å². The van der Waals surface area contributed by atoms with Gasteiger partial charge < -0.3 is 68.8 Å². The predicted octanol–water partition coefficient (Wildman–Crippen LogP) is 13.5. The van der Waals surface area contributed by atoms with E-state index in [9.17, 15) is 58.1 Å². The van der Waals surface area contributed by atoms with E-state index in [2.05, 4.69) is 30.6 Å². The number of ether oxygens (including phenoxy) is 6. The average Bonchev–Trinajstić information content (AvgIpc) is 1.56. The number of esters is 5. The number of benzene rings is 4. The molecule has 8 aromatic rings. The van der Waals surface area contributed by atoms with Gasteiger partial charge in [0.25, 0.3) is 0 Å². The molecule has 1 aliphatic carbocycles. The lowest BCUT2D eigenvalue weighted by Gasteiger charge is -2.30. The number of H-pyrrole nitrogens is 4. The van der Waals surface area contributed by atoms with Crippen molar-refractivity contribution in [1.82, 2.24) is 40.4 Å². The van der Waals surface area contributed by atoms with Crippen LogP contribution in [0.5, 0.6) is 0 Å². The zero-order chi connectivity index (χ0) is 83.5. The summed E-state index contributed by atoms with van der Waals surface area (Å²) in [5.74, 6) is -8.26. The van der Waals surface area contributed by atoms with Crippen molar-refractivity contribution >= 4 is 91.4 Å². The van der Waals surface area contributed by atoms with Crippen LogP contribution in [0.4, 0.5) is 22.4 Å². The molecule has 4 aromatic heterocycles. The molecule has 1 saturated carbocycles. The van der Waals surface area contributed by atoms with E-state index in [1.165, 1.54) is 86.0 Å². The van der Waals surface area contributed by atoms with E-state index < -0.39 is 168 Å². The van der Waals surface area contributed by atoms with Gasteiger partial charge in [-0.1, -0.05) is 13.8 Å². The molecule has 0 bridgehead atoms. The zero-order valence-electron chi connectivity index (χ0n) is 69.3. The summed E-state index contributed by atoms with van der Waals surface area (Å²) < 4.78 is 170. The molecule has 12 rings (SSSR count). The summed E-state index contributed by atoms with van der Waals surface area (Å²) in [5.41, 5.74) is -0.775. The monoisotopic (exact) mass is 1480 g/mol. The lowest BCUT2D eigenvalue weighted by molar-refractivity contribution is -0.158. The number of alkyl carbamates (subject to hydrolysis) is 1. The highest BCUT2D eigenvalue weighted by Crippen LogP contribution is 2.44. The molecule has 0 radical (unpaired) electrons. The number of hydrogen-bond donors (Lipinski definition) is 6. The Morgan fingerprint density at radius 2 is 0.896 bits per heavy atom. The molecule has 0 unspecified atom stereocenters. The van der Waals surface area contributed by atoms with Gasteiger partial charge in [-0.3, -0.25) is 33.6 Å². The lowest BCUT2D eigenvalue weighted by Crippen LogP contribution is -2.51. The number of aromatic amines is 4. The van der Waals surface area contributed by atoms with Crippen LogP contribution in [0.1, 0.15) is 174 Å². The number of carbonyl (C=O) groups is 8. The van der Waals surface area contributed by atoms with Gasteiger partial charge in [-0.15, -0.1) is 0 Å². The van der Waals surface area contributed by atoms with E-state index >= 15 is 8.78 Å². The molecule has 0 spiro atoms. The Kier molecular flexibility index (Phi) is 20.3. The summed E-state index contributed by atoms with van der Waals surface area (Å²) >= 11 is 0. The Labute approximate surface area is 623 Å². The summed E-state index contributed by atoms with van der Waals surface area (Å²) in [7, 11) is 0. The van der Waals surface area contributed by atoms with Gasteiger partial charge in [-0.05, 0) is 200 Å². The Morgan fingerprint density at radius 3 is 1.30 bits per heavy atom. The molecule has 106 heavy (non-hydrogen) atoms. The van der Waals surface area contributed by atoms with Crippen molar-refractivity contribution in [2.75, 3.05) is 19.6 Å². The van der Waals surface area contributed by atoms with Gasteiger partial charge in [0.15, 0.2) is 0 Å². The second-order valence-electron chi connectivity index (χ2n) is 29.5. The van der Waals surface area contributed by atoms with Crippen LogP contribution in [0.3, 0.4) is 0 Å². The molecule has 3 saturated heterocycles. The average molecular weight is 1480 g/mol. The van der Waals surface area contributed by atoms with Gasteiger partial charge in [0, 0.05) is 132 Å². The molecule has 568 valence electrons. The molecular weight excluding hydrogens is 1370 g/mol. The minimum atomic E-state index is -2.67. The first-order valence-corrected chi connectivity index (χ1v) is 35.7. The highest BCUT2D eigenvalue weighted by Gasteiger charge is 2.44. The van der Waals surface area contributed by atoms with Gasteiger partial charge in [0.1, 0.15) is 64.9 Å². The van der Waals surface area contributed by atoms with E-state index in [-0.39, 0.29) is 131 Å². The second kappa shape index (κ2) is 32.2. The number of nitrogens with zero attached hydrogens (tertiary/aromatic N) is 2. The fourth-order valence-corrected chi connectivity index (χ4v) is 14.5. The number of likely N-dealkylation sites (tertiary alicyclic amines) is 2. The van der Waals surface area contributed by atoms with Gasteiger partial charge >= 0.3 is 35.9 Å². The number of amides is 3. The second-order valence-corrected chi connectivity index (χ2v) is 29.5. The Balaban J connectivity index is 0.000000248. The lowest BCUT2D eigenvalue weighted by atomic mass is 9.93. The number of halogens is 4. The van der Waals surface area contributed by atoms with E-state index in [0.717, 1.165) is 24.3 Å². The zero-order valence-corrected chi connectivity index (χ0v) is 61.3. The van der Waals surface area contributed by atoms with Crippen molar-refractivity contribution in [2.24, 2.45) is 11.8 Å². The summed E-state index contributed by atoms with van der Waals surface area (Å²) in [5, 5.41) is 6.78. The van der Waals surface area contributed by atoms with Crippen LogP contribution in [0.15, 0.2) is 72.8 Å². The molecule has 26 heteroatoms. The number of aromatic nitrogens is 4.